The average Bonchev–Trinajstić information content (AvgIpc) is 3.52. The van der Waals surface area contributed by atoms with Gasteiger partial charge < -0.3 is 29.8 Å². The third kappa shape index (κ3) is 12.0. The molecule has 3 rings (SSSR count). The molecule has 16 heteroatoms. The number of unbranched alkanes of at least 4 members (excludes halogenated alkanes) is 12. The highest BCUT2D eigenvalue weighted by Gasteiger charge is 2.52. The number of carbonyl (C=O) groups excluding carboxylic acids is 3. The summed E-state index contributed by atoms with van der Waals surface area (Å²) in [6, 6.07) is 3.70. The first-order valence-corrected chi connectivity index (χ1v) is 17.7. The molecule has 4 unspecified atom stereocenters. The first kappa shape index (κ1) is 40.3. The van der Waals surface area contributed by atoms with Crippen molar-refractivity contribution in [1.29, 1.82) is 0 Å². The molecule has 0 saturated carbocycles. The van der Waals surface area contributed by atoms with Crippen LogP contribution in [0.5, 0.6) is 5.88 Å². The van der Waals surface area contributed by atoms with Gasteiger partial charge in [0, 0.05) is 37.8 Å². The van der Waals surface area contributed by atoms with E-state index >= 15 is 0 Å². The van der Waals surface area contributed by atoms with E-state index in [-0.39, 0.29) is 40.4 Å². The number of esters is 3. The van der Waals surface area contributed by atoms with E-state index in [1.807, 2.05) is 0 Å². The van der Waals surface area contributed by atoms with Crippen LogP contribution in [0.2, 0.25) is 0 Å². The molecule has 1 aliphatic heterocycles. The van der Waals surface area contributed by atoms with Crippen molar-refractivity contribution in [2.24, 2.45) is 16.0 Å². The van der Waals surface area contributed by atoms with Gasteiger partial charge in [-0.1, -0.05) is 84.0 Å². The van der Waals surface area contributed by atoms with Crippen LogP contribution in [-0.4, -0.2) is 62.5 Å². The van der Waals surface area contributed by atoms with Crippen molar-refractivity contribution in [2.75, 3.05) is 6.61 Å². The fourth-order valence-electron chi connectivity index (χ4n) is 6.07. The van der Waals surface area contributed by atoms with Gasteiger partial charge in [-0.05, 0) is 24.7 Å². The summed E-state index contributed by atoms with van der Waals surface area (Å²) in [7, 11) is 0. The zero-order valence-electron chi connectivity index (χ0n) is 29.0. The van der Waals surface area contributed by atoms with Crippen LogP contribution in [0.1, 0.15) is 117 Å². The third-order valence-electron chi connectivity index (χ3n) is 8.43. The quantitative estimate of drug-likeness (QED) is 0.0247. The standard InChI is InChI=1S/C34H49N5O10S/c1-4-5-6-7-8-9-10-11-12-13-14-15-16-17-28(42)46-21-27-30(47-22(2)40)31(48-23(3)41)33(49-27)38-26-20-24(39(44)45)18-19-25(26)29(32(38)43)36-37-34(35)50/h18-20,27,30-31,33,43H,4-17,21H2,1-3H3,(H2,35,50). The highest BCUT2D eigenvalue weighted by molar-refractivity contribution is 7.80. The summed E-state index contributed by atoms with van der Waals surface area (Å²) in [5.41, 5.74) is 5.03. The Morgan fingerprint density at radius 1 is 0.960 bits per heavy atom. The smallest absolute Gasteiger partial charge is 0.305 e. The Balaban J connectivity index is 1.68. The normalized spacial score (nSPS) is 18.8. The second-order valence-corrected chi connectivity index (χ2v) is 12.8. The van der Waals surface area contributed by atoms with Gasteiger partial charge in [-0.25, -0.2) is 0 Å². The molecule has 0 spiro atoms. The number of nitrogens with two attached hydrogens (primary N) is 1. The average molecular weight is 720 g/mol. The first-order chi connectivity index (χ1) is 23.9. The van der Waals surface area contributed by atoms with Crippen molar-refractivity contribution in [3.63, 3.8) is 0 Å². The third-order valence-corrected chi connectivity index (χ3v) is 8.51. The maximum Gasteiger partial charge on any atom is 0.305 e. The number of hydrogen-bond acceptors (Lipinski definition) is 12. The summed E-state index contributed by atoms with van der Waals surface area (Å²) in [4.78, 5) is 48.1. The SMILES string of the molecule is CCCCCCCCCCCCCCCC(=O)OCC1OC(n2c(O)c(N=NC(N)=S)c3ccc([N+](=O)[O-])cc32)C(OC(C)=O)C1OC(C)=O. The van der Waals surface area contributed by atoms with Crippen molar-refractivity contribution in [3.8, 4) is 5.88 Å². The van der Waals surface area contributed by atoms with Crippen molar-refractivity contribution in [2.45, 2.75) is 135 Å². The summed E-state index contributed by atoms with van der Waals surface area (Å²) in [5.74, 6) is -2.56. The molecular weight excluding hydrogens is 670 g/mol. The molecule has 1 aliphatic rings. The number of carbonyl (C=O) groups is 3. The highest BCUT2D eigenvalue weighted by atomic mass is 32.1. The van der Waals surface area contributed by atoms with Gasteiger partial charge >= 0.3 is 17.9 Å². The zero-order valence-corrected chi connectivity index (χ0v) is 29.9. The van der Waals surface area contributed by atoms with Crippen molar-refractivity contribution >= 4 is 57.5 Å². The predicted octanol–water partition coefficient (Wildman–Crippen LogP) is 7.37. The number of rotatable bonds is 21. The Kier molecular flexibility index (Phi) is 16.5. The lowest BCUT2D eigenvalue weighted by Gasteiger charge is -2.24. The lowest BCUT2D eigenvalue weighted by Crippen LogP contribution is -2.40. The number of nitro benzene ring substituents is 1. The van der Waals surface area contributed by atoms with Gasteiger partial charge in [0.05, 0.1) is 10.4 Å². The minimum atomic E-state index is -1.41. The van der Waals surface area contributed by atoms with Gasteiger partial charge in [-0.2, -0.15) is 0 Å². The molecule has 0 bridgehead atoms. The van der Waals surface area contributed by atoms with E-state index in [0.717, 1.165) is 43.7 Å². The maximum absolute atomic E-state index is 12.7. The molecular formula is C34H49N5O10S. The number of aromatic hydroxyl groups is 1. The molecule has 3 N–H and O–H groups in total. The lowest BCUT2D eigenvalue weighted by atomic mass is 10.0. The van der Waals surface area contributed by atoms with Crippen LogP contribution >= 0.6 is 12.2 Å². The zero-order chi connectivity index (χ0) is 36.6. The molecule has 1 saturated heterocycles. The van der Waals surface area contributed by atoms with Crippen LogP contribution in [0.4, 0.5) is 11.4 Å². The van der Waals surface area contributed by atoms with E-state index in [9.17, 15) is 29.6 Å². The van der Waals surface area contributed by atoms with Gasteiger partial charge in [-0.3, -0.25) is 29.1 Å². The number of ether oxygens (including phenoxy) is 4. The van der Waals surface area contributed by atoms with Gasteiger partial charge in [0.2, 0.25) is 11.0 Å². The molecule has 4 atom stereocenters. The number of thiocarbonyl (C=S) groups is 1. The van der Waals surface area contributed by atoms with Crippen LogP contribution < -0.4 is 5.73 Å². The molecule has 0 aliphatic carbocycles. The van der Waals surface area contributed by atoms with Crippen molar-refractivity contribution < 1.29 is 43.4 Å². The monoisotopic (exact) mass is 719 g/mol. The maximum atomic E-state index is 12.7. The van der Waals surface area contributed by atoms with E-state index in [4.69, 9.17) is 36.9 Å². The van der Waals surface area contributed by atoms with Crippen LogP contribution in [0.15, 0.2) is 28.4 Å². The van der Waals surface area contributed by atoms with E-state index in [1.54, 1.807) is 0 Å². The Bertz CT molecular complexity index is 1510. The largest absolute Gasteiger partial charge is 0.493 e. The van der Waals surface area contributed by atoms with Crippen LogP contribution in [-0.2, 0) is 33.3 Å². The summed E-state index contributed by atoms with van der Waals surface area (Å²) < 4.78 is 23.8. The van der Waals surface area contributed by atoms with Crippen LogP contribution in [0.25, 0.3) is 10.9 Å². The molecule has 1 aromatic heterocycles. The van der Waals surface area contributed by atoms with Crippen LogP contribution in [0.3, 0.4) is 0 Å². The van der Waals surface area contributed by atoms with Crippen LogP contribution in [0, 0.1) is 10.1 Å². The number of aromatic nitrogens is 1. The predicted molar refractivity (Wildman–Crippen MR) is 188 cm³/mol. The topological polar surface area (TPSA) is 207 Å². The van der Waals surface area contributed by atoms with Crippen molar-refractivity contribution in [1.82, 2.24) is 4.57 Å². The fourth-order valence-corrected chi connectivity index (χ4v) is 6.11. The molecule has 1 aromatic carbocycles. The molecule has 2 aromatic rings. The minimum absolute atomic E-state index is 0.0531. The second-order valence-electron chi connectivity index (χ2n) is 12.4. The van der Waals surface area contributed by atoms with Gasteiger partial charge in [0.1, 0.15) is 12.7 Å². The number of benzene rings is 1. The fraction of sp³-hybridized carbons (Fsp3) is 0.647. The number of nitrogens with zero attached hydrogens (tertiary/aromatic N) is 4. The molecule has 0 radical (unpaired) electrons. The van der Waals surface area contributed by atoms with E-state index in [1.165, 1.54) is 69.9 Å². The Hall–Kier alpha value is -4.18. The van der Waals surface area contributed by atoms with Gasteiger partial charge in [0.25, 0.3) is 5.69 Å². The van der Waals surface area contributed by atoms with E-state index in [2.05, 4.69) is 17.2 Å². The number of fused-ring (bicyclic) bond motifs is 1. The Morgan fingerprint density at radius 3 is 2.06 bits per heavy atom. The van der Waals surface area contributed by atoms with E-state index in [0.29, 0.717) is 6.42 Å². The molecule has 276 valence electrons. The van der Waals surface area contributed by atoms with Gasteiger partial charge in [0.15, 0.2) is 24.1 Å². The Morgan fingerprint density at radius 2 is 1.52 bits per heavy atom. The molecule has 0 amide bonds. The van der Waals surface area contributed by atoms with Crippen molar-refractivity contribution in [3.05, 3.63) is 28.3 Å². The summed E-state index contributed by atoms with van der Waals surface area (Å²) in [6.45, 7) is 4.14. The summed E-state index contributed by atoms with van der Waals surface area (Å²) >= 11 is 4.76. The Labute approximate surface area is 297 Å². The second kappa shape index (κ2) is 20.5. The molecule has 15 nitrogen and oxygen atoms in total. The van der Waals surface area contributed by atoms with Gasteiger partial charge in [-0.15, -0.1) is 10.2 Å². The number of hydrogen-bond donors (Lipinski definition) is 2. The molecule has 1 fully saturated rings. The number of azo groups is 1. The first-order valence-electron chi connectivity index (χ1n) is 17.3. The lowest BCUT2D eigenvalue weighted by molar-refractivity contribution is -0.384. The van der Waals surface area contributed by atoms with E-state index < -0.39 is 53.3 Å². The molecule has 2 heterocycles. The molecule has 50 heavy (non-hydrogen) atoms. The number of non-ortho nitro benzene ring substituents is 1. The highest BCUT2D eigenvalue weighted by Crippen LogP contribution is 2.46. The summed E-state index contributed by atoms with van der Waals surface area (Å²) in [5, 5.41) is 30.4. The summed E-state index contributed by atoms with van der Waals surface area (Å²) in [6.07, 6.45) is 10.2. The number of nitro groups is 1. The minimum Gasteiger partial charge on any atom is -0.493 e.